The second kappa shape index (κ2) is 6.97. The third-order valence-electron chi connectivity index (χ3n) is 3.85. The highest BCUT2D eigenvalue weighted by Gasteiger charge is 2.13. The van der Waals surface area contributed by atoms with Gasteiger partial charge in [0.1, 0.15) is 11.5 Å². The topological polar surface area (TPSA) is 73.0 Å². The van der Waals surface area contributed by atoms with Gasteiger partial charge < -0.3 is 9.73 Å². The maximum Gasteiger partial charge on any atom is 0.271 e. The van der Waals surface area contributed by atoms with E-state index >= 15 is 0 Å². The van der Waals surface area contributed by atoms with Crippen LogP contribution in [-0.4, -0.2) is 20.7 Å². The van der Waals surface area contributed by atoms with Crippen molar-refractivity contribution in [1.29, 1.82) is 0 Å². The number of carbonyl (C=O) groups is 1. The van der Waals surface area contributed by atoms with Crippen LogP contribution in [0.4, 0.5) is 0 Å². The quantitative estimate of drug-likeness (QED) is 0.584. The van der Waals surface area contributed by atoms with Gasteiger partial charge in [-0.2, -0.15) is 5.10 Å². The maximum absolute atomic E-state index is 12.3. The van der Waals surface area contributed by atoms with Crippen LogP contribution >= 0.6 is 11.3 Å². The van der Waals surface area contributed by atoms with Gasteiger partial charge in [-0.05, 0) is 42.8 Å². The molecule has 6 nitrogen and oxygen atoms in total. The van der Waals surface area contributed by atoms with Gasteiger partial charge in [0.2, 0.25) is 0 Å². The van der Waals surface area contributed by atoms with Crippen molar-refractivity contribution in [1.82, 2.24) is 20.1 Å². The van der Waals surface area contributed by atoms with E-state index in [1.54, 1.807) is 16.3 Å². The molecule has 0 aliphatic rings. The van der Waals surface area contributed by atoms with E-state index in [0.29, 0.717) is 23.0 Å². The first-order valence-electron chi connectivity index (χ1n) is 8.08. The summed E-state index contributed by atoms with van der Waals surface area (Å²) in [6.45, 7) is 2.31. The van der Waals surface area contributed by atoms with Crippen LogP contribution in [0.1, 0.15) is 21.8 Å². The third-order valence-corrected chi connectivity index (χ3v) is 4.70. The summed E-state index contributed by atoms with van der Waals surface area (Å²) in [6.07, 6.45) is 3.62. The van der Waals surface area contributed by atoms with Crippen LogP contribution in [-0.2, 0) is 6.54 Å². The summed E-state index contributed by atoms with van der Waals surface area (Å²) in [5.41, 5.74) is 2.38. The monoisotopic (exact) mass is 364 g/mol. The molecule has 4 aromatic rings. The molecule has 7 heteroatoms. The predicted molar refractivity (Wildman–Crippen MR) is 99.3 cm³/mol. The number of aryl methyl sites for hydroxylation is 1. The number of nitrogens with one attached hydrogen (secondary N) is 1. The van der Waals surface area contributed by atoms with Crippen LogP contribution in [0.5, 0.6) is 0 Å². The van der Waals surface area contributed by atoms with Gasteiger partial charge in [0.15, 0.2) is 10.8 Å². The second-order valence-electron chi connectivity index (χ2n) is 5.75. The molecular formula is C19H16N4O2S. The lowest BCUT2D eigenvalue weighted by atomic mass is 10.2. The Hall–Kier alpha value is -3.19. The van der Waals surface area contributed by atoms with Crippen molar-refractivity contribution in [2.24, 2.45) is 0 Å². The zero-order valence-corrected chi connectivity index (χ0v) is 14.9. The van der Waals surface area contributed by atoms with Gasteiger partial charge >= 0.3 is 0 Å². The number of benzene rings is 1. The Morgan fingerprint density at radius 3 is 2.77 bits per heavy atom. The largest absolute Gasteiger partial charge is 0.459 e. The molecule has 0 aliphatic carbocycles. The minimum absolute atomic E-state index is 0.202. The number of furan rings is 1. The standard InChI is InChI=1S/C19H16N4O2S/c1-13-3-8-17(25-13)19-22-16(12-26-19)18(24)20-11-14-4-6-15(7-5-14)23-10-2-9-21-23/h2-10,12H,11H2,1H3,(H,20,24). The van der Waals surface area contributed by atoms with Gasteiger partial charge in [-0.3, -0.25) is 4.79 Å². The van der Waals surface area contributed by atoms with Gasteiger partial charge in [-0.1, -0.05) is 12.1 Å². The van der Waals surface area contributed by atoms with E-state index in [-0.39, 0.29) is 5.91 Å². The van der Waals surface area contributed by atoms with E-state index < -0.39 is 0 Å². The Morgan fingerprint density at radius 1 is 1.23 bits per heavy atom. The van der Waals surface area contributed by atoms with Gasteiger partial charge in [-0.25, -0.2) is 9.67 Å². The predicted octanol–water partition coefficient (Wildman–Crippen LogP) is 3.83. The van der Waals surface area contributed by atoms with Crippen molar-refractivity contribution in [2.45, 2.75) is 13.5 Å². The molecule has 0 atom stereocenters. The fraction of sp³-hybridized carbons (Fsp3) is 0.105. The molecule has 1 amide bonds. The van der Waals surface area contributed by atoms with E-state index in [2.05, 4.69) is 15.4 Å². The fourth-order valence-corrected chi connectivity index (χ4v) is 3.26. The minimum atomic E-state index is -0.202. The molecule has 0 saturated carbocycles. The average Bonchev–Trinajstić information content (AvgIpc) is 3.41. The highest BCUT2D eigenvalue weighted by Crippen LogP contribution is 2.25. The van der Waals surface area contributed by atoms with E-state index in [1.165, 1.54) is 11.3 Å². The molecule has 1 aromatic carbocycles. The summed E-state index contributed by atoms with van der Waals surface area (Å²) in [5.74, 6) is 1.30. The first-order chi connectivity index (χ1) is 12.7. The lowest BCUT2D eigenvalue weighted by molar-refractivity contribution is 0.0946. The maximum atomic E-state index is 12.3. The molecule has 26 heavy (non-hydrogen) atoms. The van der Waals surface area contributed by atoms with Crippen molar-refractivity contribution < 1.29 is 9.21 Å². The van der Waals surface area contributed by atoms with Crippen LogP contribution in [0.25, 0.3) is 16.5 Å². The Kier molecular flexibility index (Phi) is 4.37. The first-order valence-corrected chi connectivity index (χ1v) is 8.96. The highest BCUT2D eigenvalue weighted by molar-refractivity contribution is 7.13. The van der Waals surface area contributed by atoms with Gasteiger partial charge in [0.05, 0.1) is 5.69 Å². The van der Waals surface area contributed by atoms with E-state index in [1.807, 2.05) is 55.6 Å². The number of hydrogen-bond donors (Lipinski definition) is 1. The SMILES string of the molecule is Cc1ccc(-c2nc(C(=O)NCc3ccc(-n4cccn4)cc3)cs2)o1. The smallest absolute Gasteiger partial charge is 0.271 e. The van der Waals surface area contributed by atoms with Crippen LogP contribution in [0.3, 0.4) is 0 Å². The highest BCUT2D eigenvalue weighted by atomic mass is 32.1. The minimum Gasteiger partial charge on any atom is -0.459 e. The van der Waals surface area contributed by atoms with Gasteiger partial charge in [0, 0.05) is 24.3 Å². The molecule has 0 spiro atoms. The number of carbonyl (C=O) groups excluding carboxylic acids is 1. The van der Waals surface area contributed by atoms with Crippen LogP contribution in [0.15, 0.2) is 64.7 Å². The van der Waals surface area contributed by atoms with Crippen molar-refractivity contribution in [3.05, 3.63) is 77.3 Å². The molecule has 0 fully saturated rings. The van der Waals surface area contributed by atoms with E-state index in [9.17, 15) is 4.79 Å². The van der Waals surface area contributed by atoms with Crippen LogP contribution in [0, 0.1) is 6.92 Å². The molecule has 0 saturated heterocycles. The van der Waals surface area contributed by atoms with Crippen LogP contribution < -0.4 is 5.32 Å². The van der Waals surface area contributed by atoms with Crippen molar-refractivity contribution in [3.63, 3.8) is 0 Å². The number of hydrogen-bond acceptors (Lipinski definition) is 5. The van der Waals surface area contributed by atoms with Crippen molar-refractivity contribution in [3.8, 4) is 16.5 Å². The summed E-state index contributed by atoms with van der Waals surface area (Å²) in [4.78, 5) is 16.7. The van der Waals surface area contributed by atoms with Gasteiger partial charge in [0.25, 0.3) is 5.91 Å². The third kappa shape index (κ3) is 3.43. The molecule has 1 N–H and O–H groups in total. The molecule has 0 aliphatic heterocycles. The number of thiazole rings is 1. The Morgan fingerprint density at radius 2 is 2.08 bits per heavy atom. The average molecular weight is 364 g/mol. The number of aromatic nitrogens is 3. The van der Waals surface area contributed by atoms with Crippen molar-refractivity contribution >= 4 is 17.2 Å². The number of nitrogens with zero attached hydrogens (tertiary/aromatic N) is 3. The van der Waals surface area contributed by atoms with E-state index in [4.69, 9.17) is 4.42 Å². The molecular weight excluding hydrogens is 348 g/mol. The summed E-state index contributed by atoms with van der Waals surface area (Å²) in [6, 6.07) is 13.5. The number of rotatable bonds is 5. The van der Waals surface area contributed by atoms with Crippen molar-refractivity contribution in [2.75, 3.05) is 0 Å². The zero-order valence-electron chi connectivity index (χ0n) is 14.0. The first kappa shape index (κ1) is 16.3. The van der Waals surface area contributed by atoms with Crippen LogP contribution in [0.2, 0.25) is 0 Å². The number of amides is 1. The Bertz CT molecular complexity index is 1020. The zero-order chi connectivity index (χ0) is 17.9. The fourth-order valence-electron chi connectivity index (χ4n) is 2.50. The normalized spacial score (nSPS) is 10.8. The lowest BCUT2D eigenvalue weighted by Crippen LogP contribution is -2.23. The molecule has 3 aromatic heterocycles. The molecule has 0 unspecified atom stereocenters. The molecule has 0 bridgehead atoms. The summed E-state index contributed by atoms with van der Waals surface area (Å²) >= 11 is 1.39. The molecule has 0 radical (unpaired) electrons. The summed E-state index contributed by atoms with van der Waals surface area (Å²) < 4.78 is 7.33. The Labute approximate surface area is 154 Å². The summed E-state index contributed by atoms with van der Waals surface area (Å²) in [7, 11) is 0. The van der Waals surface area contributed by atoms with Gasteiger partial charge in [-0.15, -0.1) is 11.3 Å². The lowest BCUT2D eigenvalue weighted by Gasteiger charge is -2.05. The summed E-state index contributed by atoms with van der Waals surface area (Å²) in [5, 5.41) is 9.52. The molecule has 3 heterocycles. The Balaban J connectivity index is 1.39. The second-order valence-corrected chi connectivity index (χ2v) is 6.61. The van der Waals surface area contributed by atoms with E-state index in [0.717, 1.165) is 17.0 Å². The molecule has 130 valence electrons. The molecule has 4 rings (SSSR count).